The van der Waals surface area contributed by atoms with Gasteiger partial charge in [-0.15, -0.1) is 0 Å². The van der Waals surface area contributed by atoms with Crippen molar-refractivity contribution in [3.63, 3.8) is 0 Å². The van der Waals surface area contributed by atoms with Crippen molar-refractivity contribution in [2.45, 2.75) is 32.8 Å². The highest BCUT2D eigenvalue weighted by Crippen LogP contribution is 1.95. The van der Waals surface area contributed by atoms with Crippen LogP contribution in [-0.4, -0.2) is 17.0 Å². The largest absolute Gasteiger partial charge is 0.393 e. The molecule has 0 unspecified atom stereocenters. The molecular weight excluding hydrogens is 104 g/mol. The highest BCUT2D eigenvalue weighted by atomic mass is 16.3. The first-order valence-electron chi connectivity index (χ1n) is 2.84. The molecule has 0 rings (SSSR count). The van der Waals surface area contributed by atoms with E-state index in [1.165, 1.54) is 6.92 Å². The molecule has 0 aliphatic heterocycles. The SMILES string of the molecule is CC[C@@H](O)CC(C)=O. The fourth-order valence-electron chi connectivity index (χ4n) is 0.476. The quantitative estimate of drug-likeness (QED) is 0.590. The number of rotatable bonds is 3. The number of aliphatic hydroxyl groups excluding tert-OH is 1. The lowest BCUT2D eigenvalue weighted by molar-refractivity contribution is -0.118. The van der Waals surface area contributed by atoms with E-state index in [1.54, 1.807) is 0 Å². The summed E-state index contributed by atoms with van der Waals surface area (Å²) < 4.78 is 0. The van der Waals surface area contributed by atoms with E-state index >= 15 is 0 Å². The van der Waals surface area contributed by atoms with Gasteiger partial charge in [-0.1, -0.05) is 6.92 Å². The van der Waals surface area contributed by atoms with Crippen LogP contribution >= 0.6 is 0 Å². The lowest BCUT2D eigenvalue weighted by atomic mass is 10.1. The van der Waals surface area contributed by atoms with Crippen molar-refractivity contribution in [2.24, 2.45) is 0 Å². The van der Waals surface area contributed by atoms with E-state index < -0.39 is 6.10 Å². The minimum absolute atomic E-state index is 0.0550. The van der Waals surface area contributed by atoms with E-state index in [-0.39, 0.29) is 5.78 Å². The summed E-state index contributed by atoms with van der Waals surface area (Å²) in [6.07, 6.45) is 0.545. The van der Waals surface area contributed by atoms with Gasteiger partial charge in [0.1, 0.15) is 5.78 Å². The number of ketones is 1. The van der Waals surface area contributed by atoms with Crippen LogP contribution in [-0.2, 0) is 4.79 Å². The van der Waals surface area contributed by atoms with E-state index in [4.69, 9.17) is 5.11 Å². The second kappa shape index (κ2) is 3.61. The number of carbonyl (C=O) groups excluding carboxylic acids is 1. The molecule has 0 saturated heterocycles. The maximum atomic E-state index is 10.3. The van der Waals surface area contributed by atoms with Gasteiger partial charge >= 0.3 is 0 Å². The summed E-state index contributed by atoms with van der Waals surface area (Å²) in [5, 5.41) is 8.81. The summed E-state index contributed by atoms with van der Waals surface area (Å²) in [6.45, 7) is 3.34. The molecule has 2 heteroatoms. The van der Waals surface area contributed by atoms with Crippen LogP contribution in [0.2, 0.25) is 0 Å². The summed E-state index contributed by atoms with van der Waals surface area (Å²) >= 11 is 0. The molecule has 0 aromatic rings. The number of hydrogen-bond acceptors (Lipinski definition) is 2. The molecule has 1 atom stereocenters. The van der Waals surface area contributed by atoms with Gasteiger partial charge in [0.05, 0.1) is 6.10 Å². The van der Waals surface area contributed by atoms with Crippen LogP contribution < -0.4 is 0 Å². The molecule has 0 spiro atoms. The second-order valence-corrected chi connectivity index (χ2v) is 1.97. The molecule has 0 heterocycles. The van der Waals surface area contributed by atoms with Crippen LogP contribution in [0.15, 0.2) is 0 Å². The maximum Gasteiger partial charge on any atom is 0.132 e. The van der Waals surface area contributed by atoms with Crippen LogP contribution in [0.3, 0.4) is 0 Å². The molecule has 1 N–H and O–H groups in total. The zero-order chi connectivity index (χ0) is 6.57. The smallest absolute Gasteiger partial charge is 0.132 e. The molecule has 48 valence electrons. The van der Waals surface area contributed by atoms with Gasteiger partial charge in [-0.25, -0.2) is 0 Å². The first kappa shape index (κ1) is 7.63. The van der Waals surface area contributed by atoms with Gasteiger partial charge in [-0.05, 0) is 13.3 Å². The minimum atomic E-state index is -0.424. The van der Waals surface area contributed by atoms with E-state index in [1.807, 2.05) is 6.92 Å². The predicted molar refractivity (Wildman–Crippen MR) is 31.6 cm³/mol. The van der Waals surface area contributed by atoms with Crippen LogP contribution in [0.5, 0.6) is 0 Å². The van der Waals surface area contributed by atoms with Crippen molar-refractivity contribution in [3.8, 4) is 0 Å². The van der Waals surface area contributed by atoms with Crippen molar-refractivity contribution in [2.75, 3.05) is 0 Å². The molecule has 8 heavy (non-hydrogen) atoms. The molecule has 0 amide bonds. The van der Waals surface area contributed by atoms with E-state index in [0.29, 0.717) is 12.8 Å². The van der Waals surface area contributed by atoms with Crippen molar-refractivity contribution in [1.29, 1.82) is 0 Å². The Morgan fingerprint density at radius 2 is 2.25 bits per heavy atom. The zero-order valence-electron chi connectivity index (χ0n) is 5.35. The molecule has 0 fully saturated rings. The molecular formula is C6H12O2. The van der Waals surface area contributed by atoms with Crippen LogP contribution in [0.1, 0.15) is 26.7 Å². The fourth-order valence-corrected chi connectivity index (χ4v) is 0.476. The van der Waals surface area contributed by atoms with Gasteiger partial charge in [0.2, 0.25) is 0 Å². The van der Waals surface area contributed by atoms with Crippen LogP contribution in [0.25, 0.3) is 0 Å². The molecule has 0 saturated carbocycles. The molecule has 0 aliphatic rings. The summed E-state index contributed by atoms with van der Waals surface area (Å²) in [5.74, 6) is 0.0550. The highest BCUT2D eigenvalue weighted by molar-refractivity contribution is 5.75. The first-order valence-corrected chi connectivity index (χ1v) is 2.84. The number of hydrogen-bond donors (Lipinski definition) is 1. The lowest BCUT2D eigenvalue weighted by Crippen LogP contribution is -2.08. The fraction of sp³-hybridized carbons (Fsp3) is 0.833. The van der Waals surface area contributed by atoms with Gasteiger partial charge in [0.15, 0.2) is 0 Å². The van der Waals surface area contributed by atoms with Crippen molar-refractivity contribution >= 4 is 5.78 Å². The first-order chi connectivity index (χ1) is 3.66. The van der Waals surface area contributed by atoms with E-state index in [0.717, 1.165) is 0 Å². The average Bonchev–Trinajstić information content (AvgIpc) is 1.65. The molecule has 0 aliphatic carbocycles. The highest BCUT2D eigenvalue weighted by Gasteiger charge is 2.01. The number of aliphatic hydroxyl groups is 1. The third-order valence-electron chi connectivity index (χ3n) is 0.994. The average molecular weight is 116 g/mol. The topological polar surface area (TPSA) is 37.3 Å². The van der Waals surface area contributed by atoms with Gasteiger partial charge < -0.3 is 5.11 Å². The Balaban J connectivity index is 3.24. The lowest BCUT2D eigenvalue weighted by Gasteiger charge is -2.01. The Kier molecular flexibility index (Phi) is 3.44. The molecule has 0 bridgehead atoms. The van der Waals surface area contributed by atoms with E-state index in [9.17, 15) is 4.79 Å². The standard InChI is InChI=1S/C6H12O2/c1-3-6(8)4-5(2)7/h6,8H,3-4H2,1-2H3/t6-/m1/s1. The van der Waals surface area contributed by atoms with Gasteiger partial charge in [0.25, 0.3) is 0 Å². The van der Waals surface area contributed by atoms with Gasteiger partial charge in [-0.2, -0.15) is 0 Å². The van der Waals surface area contributed by atoms with E-state index in [2.05, 4.69) is 0 Å². The number of carbonyl (C=O) groups is 1. The molecule has 0 radical (unpaired) electrons. The Bertz CT molecular complexity index is 78.6. The molecule has 0 aromatic carbocycles. The van der Waals surface area contributed by atoms with Crippen molar-refractivity contribution < 1.29 is 9.90 Å². The van der Waals surface area contributed by atoms with Crippen molar-refractivity contribution in [3.05, 3.63) is 0 Å². The predicted octanol–water partition coefficient (Wildman–Crippen LogP) is 0.736. The Labute approximate surface area is 49.5 Å². The zero-order valence-corrected chi connectivity index (χ0v) is 5.35. The van der Waals surface area contributed by atoms with Crippen LogP contribution in [0.4, 0.5) is 0 Å². The third kappa shape index (κ3) is 3.81. The third-order valence-corrected chi connectivity index (χ3v) is 0.994. The Morgan fingerprint density at radius 3 is 2.38 bits per heavy atom. The summed E-state index contributed by atoms with van der Waals surface area (Å²) in [7, 11) is 0. The summed E-state index contributed by atoms with van der Waals surface area (Å²) in [5.41, 5.74) is 0. The number of Topliss-reactive ketones (excluding diaryl/α,β-unsaturated/α-hetero) is 1. The second-order valence-electron chi connectivity index (χ2n) is 1.97. The molecule has 2 nitrogen and oxygen atoms in total. The monoisotopic (exact) mass is 116 g/mol. The molecule has 0 aromatic heterocycles. The van der Waals surface area contributed by atoms with Gasteiger partial charge in [0, 0.05) is 6.42 Å². The van der Waals surface area contributed by atoms with Crippen molar-refractivity contribution in [1.82, 2.24) is 0 Å². The Morgan fingerprint density at radius 1 is 1.75 bits per heavy atom. The van der Waals surface area contributed by atoms with Crippen LogP contribution in [0, 0.1) is 0 Å². The normalized spacial score (nSPS) is 13.4. The summed E-state index contributed by atoms with van der Waals surface area (Å²) in [4.78, 5) is 10.3. The maximum absolute atomic E-state index is 10.3. The van der Waals surface area contributed by atoms with Gasteiger partial charge in [-0.3, -0.25) is 4.79 Å². The summed E-state index contributed by atoms with van der Waals surface area (Å²) in [6, 6.07) is 0. The Hall–Kier alpha value is -0.370. The minimum Gasteiger partial charge on any atom is -0.393 e.